The van der Waals surface area contributed by atoms with Gasteiger partial charge in [0.15, 0.2) is 6.54 Å². The number of benzene rings is 2. The van der Waals surface area contributed by atoms with E-state index in [0.29, 0.717) is 13.1 Å². The average Bonchev–Trinajstić information content (AvgIpc) is 3.03. The lowest BCUT2D eigenvalue weighted by Crippen LogP contribution is -2.87. The highest BCUT2D eigenvalue weighted by Crippen LogP contribution is 2.19. The van der Waals surface area contributed by atoms with E-state index in [9.17, 15) is 4.79 Å². The molecule has 4 nitrogen and oxygen atoms in total. The van der Waals surface area contributed by atoms with Crippen molar-refractivity contribution in [1.82, 2.24) is 10.3 Å². The zero-order valence-electron chi connectivity index (χ0n) is 14.3. The molecule has 0 radical (unpaired) electrons. The fourth-order valence-electron chi connectivity index (χ4n) is 3.00. The van der Waals surface area contributed by atoms with Gasteiger partial charge in [-0.3, -0.25) is 4.79 Å². The van der Waals surface area contributed by atoms with E-state index in [-0.39, 0.29) is 11.9 Å². The Morgan fingerprint density at radius 1 is 1.20 bits per heavy atom. The van der Waals surface area contributed by atoms with E-state index in [2.05, 4.69) is 29.4 Å². The number of quaternary nitrogens is 1. The van der Waals surface area contributed by atoms with Gasteiger partial charge in [-0.15, -0.1) is 0 Å². The number of halogens is 1. The van der Waals surface area contributed by atoms with Gasteiger partial charge in [0.2, 0.25) is 0 Å². The predicted octanol–water partition coefficient (Wildman–Crippen LogP) is 2.80. The van der Waals surface area contributed by atoms with Crippen molar-refractivity contribution in [2.75, 3.05) is 13.1 Å². The SMILES string of the molecule is C[C@@H]([NH2+]CC(=O)NCCc1c[nH]c2ccccc12)c1ccccc1Cl. The second-order valence-electron chi connectivity index (χ2n) is 6.21. The van der Waals surface area contributed by atoms with E-state index in [1.54, 1.807) is 0 Å². The molecule has 0 aliphatic heterocycles. The van der Waals surface area contributed by atoms with Gasteiger partial charge in [0, 0.05) is 34.2 Å². The summed E-state index contributed by atoms with van der Waals surface area (Å²) in [4.78, 5) is 15.3. The Bertz CT molecular complexity index is 859. The first-order valence-electron chi connectivity index (χ1n) is 8.54. The van der Waals surface area contributed by atoms with Crippen molar-refractivity contribution >= 4 is 28.4 Å². The summed E-state index contributed by atoms with van der Waals surface area (Å²) >= 11 is 6.20. The van der Waals surface area contributed by atoms with Crippen LogP contribution >= 0.6 is 11.6 Å². The van der Waals surface area contributed by atoms with Gasteiger partial charge in [-0.1, -0.05) is 48.0 Å². The molecule has 130 valence electrons. The zero-order valence-corrected chi connectivity index (χ0v) is 15.0. The van der Waals surface area contributed by atoms with Gasteiger partial charge in [-0.2, -0.15) is 0 Å². The number of H-pyrrole nitrogens is 1. The molecule has 0 unspecified atom stereocenters. The van der Waals surface area contributed by atoms with Gasteiger partial charge in [0.1, 0.15) is 6.04 Å². The summed E-state index contributed by atoms with van der Waals surface area (Å²) in [7, 11) is 0. The van der Waals surface area contributed by atoms with Crippen LogP contribution in [0.1, 0.15) is 24.1 Å². The number of nitrogens with two attached hydrogens (primary N) is 1. The molecule has 1 atom stereocenters. The normalized spacial score (nSPS) is 12.2. The highest BCUT2D eigenvalue weighted by atomic mass is 35.5. The molecule has 0 saturated heterocycles. The lowest BCUT2D eigenvalue weighted by atomic mass is 10.1. The molecule has 0 aliphatic carbocycles. The fraction of sp³-hybridized carbons (Fsp3) is 0.250. The minimum atomic E-state index is 0.0405. The average molecular weight is 357 g/mol. The predicted molar refractivity (Wildman–Crippen MR) is 102 cm³/mol. The molecular formula is C20H23ClN3O+. The first-order valence-corrected chi connectivity index (χ1v) is 8.92. The van der Waals surface area contributed by atoms with Crippen LogP contribution in [-0.2, 0) is 11.2 Å². The standard InChI is InChI=1S/C20H22ClN3O/c1-14(16-6-2-4-8-18(16)21)23-13-20(25)22-11-10-15-12-24-19-9-5-3-7-17(15)19/h2-9,12,14,23-24H,10-11,13H2,1H3,(H,22,25)/p+1/t14-/m1/s1. The third kappa shape index (κ3) is 4.41. The summed E-state index contributed by atoms with van der Waals surface area (Å²) in [6, 6.07) is 16.1. The van der Waals surface area contributed by atoms with Gasteiger partial charge in [-0.05, 0) is 31.0 Å². The number of amides is 1. The molecule has 25 heavy (non-hydrogen) atoms. The van der Waals surface area contributed by atoms with E-state index in [1.807, 2.05) is 47.9 Å². The van der Waals surface area contributed by atoms with Crippen LogP contribution in [-0.4, -0.2) is 24.0 Å². The quantitative estimate of drug-likeness (QED) is 0.599. The first-order chi connectivity index (χ1) is 12.1. The largest absolute Gasteiger partial charge is 0.361 e. The summed E-state index contributed by atoms with van der Waals surface area (Å²) in [5.41, 5.74) is 3.41. The lowest BCUT2D eigenvalue weighted by Gasteiger charge is -2.12. The molecule has 1 aromatic heterocycles. The number of nitrogens with one attached hydrogen (secondary N) is 2. The van der Waals surface area contributed by atoms with Gasteiger partial charge in [0.05, 0.1) is 0 Å². The monoisotopic (exact) mass is 356 g/mol. The van der Waals surface area contributed by atoms with E-state index in [1.165, 1.54) is 10.9 Å². The molecule has 0 bridgehead atoms. The zero-order chi connectivity index (χ0) is 17.6. The van der Waals surface area contributed by atoms with Gasteiger partial charge in [0.25, 0.3) is 5.91 Å². The smallest absolute Gasteiger partial charge is 0.275 e. The topological polar surface area (TPSA) is 61.5 Å². The number of hydrogen-bond acceptors (Lipinski definition) is 1. The van der Waals surface area contributed by atoms with Crippen molar-refractivity contribution in [3.05, 3.63) is 70.9 Å². The first kappa shape index (κ1) is 17.5. The molecule has 1 amide bonds. The maximum absolute atomic E-state index is 12.1. The van der Waals surface area contributed by atoms with Gasteiger partial charge >= 0.3 is 0 Å². The number of carbonyl (C=O) groups is 1. The van der Waals surface area contributed by atoms with E-state index in [0.717, 1.165) is 22.5 Å². The Morgan fingerprint density at radius 3 is 2.80 bits per heavy atom. The van der Waals surface area contributed by atoms with Crippen LogP contribution in [0.5, 0.6) is 0 Å². The van der Waals surface area contributed by atoms with Gasteiger partial charge in [-0.25, -0.2) is 0 Å². The molecule has 2 aromatic carbocycles. The summed E-state index contributed by atoms with van der Waals surface area (Å²) in [5.74, 6) is 0.0405. The third-order valence-electron chi connectivity index (χ3n) is 4.44. The highest BCUT2D eigenvalue weighted by molar-refractivity contribution is 6.31. The van der Waals surface area contributed by atoms with Crippen LogP contribution < -0.4 is 10.6 Å². The van der Waals surface area contributed by atoms with Crippen LogP contribution in [0.4, 0.5) is 0 Å². The number of hydrogen-bond donors (Lipinski definition) is 3. The Hall–Kier alpha value is -2.30. The molecule has 0 fully saturated rings. The minimum Gasteiger partial charge on any atom is -0.361 e. The molecule has 3 rings (SSSR count). The van der Waals surface area contributed by atoms with E-state index in [4.69, 9.17) is 11.6 Å². The van der Waals surface area contributed by atoms with Crippen LogP contribution in [0.15, 0.2) is 54.7 Å². The van der Waals surface area contributed by atoms with E-state index >= 15 is 0 Å². The third-order valence-corrected chi connectivity index (χ3v) is 4.79. The Balaban J connectivity index is 1.45. The Labute approximate surface area is 152 Å². The van der Waals surface area contributed by atoms with Crippen molar-refractivity contribution in [3.8, 4) is 0 Å². The second kappa shape index (κ2) is 8.19. The van der Waals surface area contributed by atoms with Crippen molar-refractivity contribution in [2.24, 2.45) is 0 Å². The molecule has 5 heteroatoms. The summed E-state index contributed by atoms with van der Waals surface area (Å²) in [6.07, 6.45) is 2.83. The minimum absolute atomic E-state index is 0.0405. The van der Waals surface area contributed by atoms with Crippen molar-refractivity contribution in [1.29, 1.82) is 0 Å². The molecule has 0 saturated carbocycles. The molecule has 4 N–H and O–H groups in total. The number of rotatable bonds is 7. The Morgan fingerprint density at radius 2 is 1.96 bits per heavy atom. The van der Waals surface area contributed by atoms with Crippen molar-refractivity contribution in [3.63, 3.8) is 0 Å². The number of fused-ring (bicyclic) bond motifs is 1. The lowest BCUT2D eigenvalue weighted by molar-refractivity contribution is -0.682. The fourth-order valence-corrected chi connectivity index (χ4v) is 3.31. The second-order valence-corrected chi connectivity index (χ2v) is 6.62. The maximum Gasteiger partial charge on any atom is 0.275 e. The van der Waals surface area contributed by atoms with Crippen LogP contribution in [0.3, 0.4) is 0 Å². The van der Waals surface area contributed by atoms with Crippen molar-refractivity contribution < 1.29 is 10.1 Å². The maximum atomic E-state index is 12.1. The van der Waals surface area contributed by atoms with Crippen LogP contribution in [0.25, 0.3) is 10.9 Å². The summed E-state index contributed by atoms with van der Waals surface area (Å²) < 4.78 is 0. The summed E-state index contributed by atoms with van der Waals surface area (Å²) in [5, 5.41) is 6.95. The summed E-state index contributed by atoms with van der Waals surface area (Å²) in [6.45, 7) is 3.08. The van der Waals surface area contributed by atoms with E-state index < -0.39 is 0 Å². The van der Waals surface area contributed by atoms with Crippen LogP contribution in [0, 0.1) is 0 Å². The number of aromatic nitrogens is 1. The highest BCUT2D eigenvalue weighted by Gasteiger charge is 2.14. The number of carbonyl (C=O) groups excluding carboxylic acids is 1. The number of para-hydroxylation sites is 1. The van der Waals surface area contributed by atoms with Crippen LogP contribution in [0.2, 0.25) is 5.02 Å². The molecule has 3 aromatic rings. The van der Waals surface area contributed by atoms with Gasteiger partial charge < -0.3 is 15.6 Å². The Kier molecular flexibility index (Phi) is 5.74. The van der Waals surface area contributed by atoms with Crippen molar-refractivity contribution in [2.45, 2.75) is 19.4 Å². The number of aromatic amines is 1. The molecular weight excluding hydrogens is 334 g/mol. The molecule has 0 aliphatic rings. The molecule has 1 heterocycles. The molecule has 0 spiro atoms.